The van der Waals surface area contributed by atoms with Gasteiger partial charge in [0.1, 0.15) is 13.2 Å². The minimum absolute atomic E-state index is 0.0694. The molecule has 3 rings (SSSR count). The molecular formula is C28H33BN4O5. The maximum Gasteiger partial charge on any atom is 0.489 e. The molecule has 0 atom stereocenters. The van der Waals surface area contributed by atoms with E-state index in [0.717, 1.165) is 11.1 Å². The second kappa shape index (κ2) is 14.6. The summed E-state index contributed by atoms with van der Waals surface area (Å²) in [5.74, 6) is -0.205. The minimum atomic E-state index is -1.65. The molecule has 0 radical (unpaired) electrons. The molecule has 0 unspecified atom stereocenters. The molecule has 198 valence electrons. The molecule has 0 spiro atoms. The zero-order chi connectivity index (χ0) is 27.3. The van der Waals surface area contributed by atoms with Gasteiger partial charge in [-0.2, -0.15) is 5.10 Å². The fraction of sp³-hybridized carbons (Fsp3) is 0.250. The Balaban J connectivity index is 1.74. The summed E-state index contributed by atoms with van der Waals surface area (Å²) in [5, 5.41) is 26.5. The van der Waals surface area contributed by atoms with Crippen LogP contribution in [0.3, 0.4) is 0 Å². The van der Waals surface area contributed by atoms with Gasteiger partial charge in [0.05, 0.1) is 12.8 Å². The molecule has 0 saturated carbocycles. The first-order chi connectivity index (χ1) is 18.3. The van der Waals surface area contributed by atoms with Crippen molar-refractivity contribution in [1.82, 2.24) is 15.4 Å². The molecule has 0 bridgehead atoms. The van der Waals surface area contributed by atoms with Gasteiger partial charge >= 0.3 is 13.2 Å². The Hall–Kier alpha value is -4.15. The molecule has 3 aromatic rings. The van der Waals surface area contributed by atoms with Gasteiger partial charge in [-0.25, -0.2) is 15.2 Å². The van der Waals surface area contributed by atoms with Gasteiger partial charge in [0.2, 0.25) is 0 Å². The number of hydrogen-bond acceptors (Lipinski definition) is 7. The minimum Gasteiger partial charge on any atom is -0.443 e. The second-order valence-corrected chi connectivity index (χ2v) is 9.13. The molecule has 0 fully saturated rings. The molecule has 38 heavy (non-hydrogen) atoms. The van der Waals surface area contributed by atoms with Crippen molar-refractivity contribution in [3.05, 3.63) is 102 Å². The molecule has 10 heteroatoms. The first-order valence-corrected chi connectivity index (χ1v) is 12.4. The number of nitrogens with one attached hydrogen (secondary N) is 1. The van der Waals surface area contributed by atoms with E-state index in [9.17, 15) is 19.6 Å². The van der Waals surface area contributed by atoms with E-state index in [1.807, 2.05) is 74.5 Å². The van der Waals surface area contributed by atoms with E-state index in [2.05, 4.69) is 10.5 Å². The standard InChI is InChI=1S/C28H33BN4O5/c1-22(2)18-32(30-17-25-15-9-10-16-26(25)29(36)37)20-27(34)33(19-23-11-5-3-6-12-23)31-28(35)38-21-24-13-7-4-8-14-24/h3-17,22,36-37H,18-21H2,1-2H3,(H,31,35)/b30-17+. The highest BCUT2D eigenvalue weighted by atomic mass is 16.6. The highest BCUT2D eigenvalue weighted by Gasteiger charge is 2.21. The predicted octanol–water partition coefficient (Wildman–Crippen LogP) is 2.53. The molecule has 2 amide bonds. The van der Waals surface area contributed by atoms with Crippen LogP contribution in [-0.2, 0) is 22.7 Å². The van der Waals surface area contributed by atoms with Crippen LogP contribution in [0.25, 0.3) is 0 Å². The third-order valence-corrected chi connectivity index (χ3v) is 5.45. The van der Waals surface area contributed by atoms with Gasteiger partial charge in [-0.15, -0.1) is 0 Å². The van der Waals surface area contributed by atoms with Gasteiger partial charge in [-0.3, -0.25) is 9.80 Å². The summed E-state index contributed by atoms with van der Waals surface area (Å²) in [6, 6.07) is 25.3. The van der Waals surface area contributed by atoms with Gasteiger partial charge in [-0.1, -0.05) is 98.8 Å². The summed E-state index contributed by atoms with van der Waals surface area (Å²) in [4.78, 5) is 26.0. The average molecular weight is 516 g/mol. The number of carbonyl (C=O) groups is 2. The van der Waals surface area contributed by atoms with E-state index in [-0.39, 0.29) is 25.6 Å². The number of nitrogens with zero attached hydrogens (tertiary/aromatic N) is 3. The zero-order valence-corrected chi connectivity index (χ0v) is 21.6. The lowest BCUT2D eigenvalue weighted by molar-refractivity contribution is -0.136. The van der Waals surface area contributed by atoms with E-state index in [1.54, 1.807) is 29.3 Å². The third-order valence-electron chi connectivity index (χ3n) is 5.45. The summed E-state index contributed by atoms with van der Waals surface area (Å²) >= 11 is 0. The number of rotatable bonds is 11. The van der Waals surface area contributed by atoms with E-state index >= 15 is 0 Å². The van der Waals surface area contributed by atoms with Crippen LogP contribution < -0.4 is 10.9 Å². The number of hydrazone groups is 1. The number of ether oxygens (including phenoxy) is 1. The SMILES string of the molecule is CC(C)CN(CC(=O)N(Cc1ccccc1)NC(=O)OCc1ccccc1)/N=C/c1ccccc1B(O)O. The second-order valence-electron chi connectivity index (χ2n) is 9.13. The van der Waals surface area contributed by atoms with Crippen LogP contribution in [0.1, 0.15) is 30.5 Å². The van der Waals surface area contributed by atoms with Gasteiger partial charge in [0, 0.05) is 6.54 Å². The summed E-state index contributed by atoms with van der Waals surface area (Å²) in [7, 11) is -1.65. The summed E-state index contributed by atoms with van der Waals surface area (Å²) in [5.41, 5.74) is 5.05. The smallest absolute Gasteiger partial charge is 0.443 e. The lowest BCUT2D eigenvalue weighted by Gasteiger charge is -2.27. The van der Waals surface area contributed by atoms with Gasteiger partial charge in [0.15, 0.2) is 0 Å². The maximum absolute atomic E-state index is 13.4. The summed E-state index contributed by atoms with van der Waals surface area (Å²) in [6.45, 7) is 4.55. The first kappa shape index (κ1) is 28.4. The van der Waals surface area contributed by atoms with Crippen molar-refractivity contribution in [2.45, 2.75) is 27.0 Å². The number of carbonyl (C=O) groups excluding carboxylic acids is 2. The Kier molecular flexibility index (Phi) is 10.9. The highest BCUT2D eigenvalue weighted by molar-refractivity contribution is 6.60. The first-order valence-electron chi connectivity index (χ1n) is 12.4. The van der Waals surface area contributed by atoms with Crippen LogP contribution in [0.2, 0.25) is 0 Å². The predicted molar refractivity (Wildman–Crippen MR) is 147 cm³/mol. The summed E-state index contributed by atoms with van der Waals surface area (Å²) < 4.78 is 5.32. The molecule has 0 heterocycles. The Labute approximate surface area is 223 Å². The summed E-state index contributed by atoms with van der Waals surface area (Å²) in [6.07, 6.45) is 0.746. The van der Waals surface area contributed by atoms with Crippen molar-refractivity contribution in [3.63, 3.8) is 0 Å². The monoisotopic (exact) mass is 516 g/mol. The fourth-order valence-corrected chi connectivity index (χ4v) is 3.64. The van der Waals surface area contributed by atoms with E-state index in [0.29, 0.717) is 17.6 Å². The number of hydrogen-bond donors (Lipinski definition) is 3. The van der Waals surface area contributed by atoms with Crippen molar-refractivity contribution in [2.24, 2.45) is 11.0 Å². The maximum atomic E-state index is 13.4. The van der Waals surface area contributed by atoms with Crippen LogP contribution in [-0.4, -0.2) is 58.5 Å². The Morgan fingerprint density at radius 3 is 2.18 bits per heavy atom. The molecule has 3 aromatic carbocycles. The van der Waals surface area contributed by atoms with Gasteiger partial charge in [0.25, 0.3) is 5.91 Å². The molecule has 0 aliphatic heterocycles. The quantitative estimate of drug-likeness (QED) is 0.205. The number of benzene rings is 3. The van der Waals surface area contributed by atoms with Gasteiger partial charge in [-0.05, 0) is 28.1 Å². The number of amides is 2. The van der Waals surface area contributed by atoms with Crippen molar-refractivity contribution in [2.75, 3.05) is 13.1 Å². The third kappa shape index (κ3) is 9.38. The highest BCUT2D eigenvalue weighted by Crippen LogP contribution is 2.07. The van der Waals surface area contributed by atoms with Gasteiger partial charge < -0.3 is 14.8 Å². The molecule has 0 aliphatic rings. The molecule has 0 saturated heterocycles. The average Bonchev–Trinajstić information content (AvgIpc) is 2.91. The van der Waals surface area contributed by atoms with E-state index < -0.39 is 19.1 Å². The molecular weight excluding hydrogens is 483 g/mol. The molecule has 9 nitrogen and oxygen atoms in total. The van der Waals surface area contributed by atoms with E-state index in [1.165, 1.54) is 11.2 Å². The van der Waals surface area contributed by atoms with Crippen molar-refractivity contribution in [1.29, 1.82) is 0 Å². The Morgan fingerprint density at radius 2 is 1.55 bits per heavy atom. The van der Waals surface area contributed by atoms with Crippen LogP contribution in [0, 0.1) is 5.92 Å². The Morgan fingerprint density at radius 1 is 0.947 bits per heavy atom. The number of hydrazine groups is 1. The van der Waals surface area contributed by atoms with Crippen molar-refractivity contribution in [3.8, 4) is 0 Å². The van der Waals surface area contributed by atoms with Crippen LogP contribution in [0.5, 0.6) is 0 Å². The topological polar surface area (TPSA) is 115 Å². The Bertz CT molecular complexity index is 1190. The van der Waals surface area contributed by atoms with Crippen LogP contribution >= 0.6 is 0 Å². The normalized spacial score (nSPS) is 10.9. The van der Waals surface area contributed by atoms with Crippen LogP contribution in [0.15, 0.2) is 90.0 Å². The van der Waals surface area contributed by atoms with Crippen LogP contribution in [0.4, 0.5) is 4.79 Å². The van der Waals surface area contributed by atoms with Crippen molar-refractivity contribution >= 4 is 30.8 Å². The lowest BCUT2D eigenvalue weighted by atomic mass is 9.77. The molecule has 0 aliphatic carbocycles. The largest absolute Gasteiger partial charge is 0.489 e. The lowest BCUT2D eigenvalue weighted by Crippen LogP contribution is -2.49. The zero-order valence-electron chi connectivity index (χ0n) is 21.6. The molecule has 0 aromatic heterocycles. The van der Waals surface area contributed by atoms with Crippen molar-refractivity contribution < 1.29 is 24.4 Å². The van der Waals surface area contributed by atoms with E-state index in [4.69, 9.17) is 4.74 Å². The molecule has 3 N–H and O–H groups in total. The fourth-order valence-electron chi connectivity index (χ4n) is 3.64.